The summed E-state index contributed by atoms with van der Waals surface area (Å²) in [5.74, 6) is 0.0531. The first-order valence-corrected chi connectivity index (χ1v) is 3.93. The van der Waals surface area contributed by atoms with Crippen molar-refractivity contribution in [3.8, 4) is 0 Å². The van der Waals surface area contributed by atoms with Gasteiger partial charge in [0.15, 0.2) is 5.78 Å². The summed E-state index contributed by atoms with van der Waals surface area (Å²) >= 11 is 0. The van der Waals surface area contributed by atoms with Gasteiger partial charge in [-0.2, -0.15) is 0 Å². The molecule has 0 aromatic carbocycles. The average Bonchev–Trinajstić information content (AvgIpc) is 2.35. The Morgan fingerprint density at radius 1 is 1.50 bits per heavy atom. The lowest BCUT2D eigenvalue weighted by Crippen LogP contribution is -2.09. The fraction of sp³-hybridized carbons (Fsp3) is 0.300. The topological polar surface area (TPSA) is 22.0 Å². The molecule has 0 radical (unpaired) electrons. The smallest absolute Gasteiger partial charge is 0.174 e. The van der Waals surface area contributed by atoms with E-state index in [4.69, 9.17) is 0 Å². The van der Waals surface area contributed by atoms with E-state index in [0.29, 0.717) is 6.54 Å². The number of ketones is 1. The summed E-state index contributed by atoms with van der Waals surface area (Å²) in [6.45, 7) is 7.83. The molecule has 0 fully saturated rings. The molecule has 1 rings (SSSR count). The largest absolute Gasteiger partial charge is 0.341 e. The quantitative estimate of drug-likeness (QED) is 0.623. The lowest BCUT2D eigenvalue weighted by atomic mass is 10.3. The summed E-state index contributed by atoms with van der Waals surface area (Å²) in [6.07, 6.45) is 1.36. The maximum absolute atomic E-state index is 11.0. The summed E-state index contributed by atoms with van der Waals surface area (Å²) in [4.78, 5) is 11.0. The van der Waals surface area contributed by atoms with Gasteiger partial charge in [0, 0.05) is 11.4 Å². The summed E-state index contributed by atoms with van der Waals surface area (Å²) in [5, 5.41) is 0. The minimum absolute atomic E-state index is 0.0531. The molecule has 0 aliphatic carbocycles. The molecular formula is C10H13NO. The molecule has 0 saturated carbocycles. The molecule has 0 N–H and O–H groups in total. The van der Waals surface area contributed by atoms with Crippen LogP contribution in [0.4, 0.5) is 0 Å². The Bertz CT molecular complexity index is 290. The number of rotatable bonds is 3. The minimum atomic E-state index is 0.0531. The molecule has 64 valence electrons. The molecule has 1 aromatic rings. The molecule has 0 spiro atoms. The van der Waals surface area contributed by atoms with Gasteiger partial charge in [-0.25, -0.2) is 0 Å². The normalized spacial score (nSPS) is 9.83. The number of carbonyl (C=O) groups is 1. The summed E-state index contributed by atoms with van der Waals surface area (Å²) in [5.41, 5.74) is 2.23. The van der Waals surface area contributed by atoms with E-state index in [2.05, 4.69) is 6.58 Å². The lowest BCUT2D eigenvalue weighted by Gasteiger charge is -2.05. The Hall–Kier alpha value is -1.31. The van der Waals surface area contributed by atoms with Crippen LogP contribution < -0.4 is 0 Å². The number of hydrogen-bond donors (Lipinski definition) is 0. The zero-order valence-corrected chi connectivity index (χ0v) is 7.50. The van der Waals surface area contributed by atoms with Crippen molar-refractivity contribution in [2.24, 2.45) is 0 Å². The van der Waals surface area contributed by atoms with Crippen molar-refractivity contribution in [1.29, 1.82) is 0 Å². The Labute approximate surface area is 72.5 Å². The van der Waals surface area contributed by atoms with Gasteiger partial charge in [0.1, 0.15) is 0 Å². The van der Waals surface area contributed by atoms with Crippen LogP contribution in [-0.4, -0.2) is 10.4 Å². The highest BCUT2D eigenvalue weighted by atomic mass is 16.1. The number of aromatic nitrogens is 1. The molecule has 0 amide bonds. The summed E-state index contributed by atoms with van der Waals surface area (Å²) < 4.78 is 1.98. The summed E-state index contributed by atoms with van der Waals surface area (Å²) in [7, 11) is 0. The van der Waals surface area contributed by atoms with Crippen molar-refractivity contribution in [2.75, 3.05) is 0 Å². The lowest BCUT2D eigenvalue weighted by molar-refractivity contribution is -0.115. The van der Waals surface area contributed by atoms with Gasteiger partial charge in [0.2, 0.25) is 0 Å². The highest BCUT2D eigenvalue weighted by Crippen LogP contribution is 2.06. The molecule has 2 nitrogen and oxygen atoms in total. The first-order chi connectivity index (χ1) is 5.65. The predicted octanol–water partition coefficient (Wildman–Crippen LogP) is 1.86. The van der Waals surface area contributed by atoms with Gasteiger partial charge in [-0.05, 0) is 32.1 Å². The average molecular weight is 163 g/mol. The maximum Gasteiger partial charge on any atom is 0.174 e. The van der Waals surface area contributed by atoms with Gasteiger partial charge >= 0.3 is 0 Å². The van der Waals surface area contributed by atoms with E-state index < -0.39 is 0 Å². The zero-order valence-electron chi connectivity index (χ0n) is 7.50. The molecule has 0 aliphatic rings. The highest BCUT2D eigenvalue weighted by molar-refractivity contribution is 5.88. The van der Waals surface area contributed by atoms with Gasteiger partial charge in [-0.15, -0.1) is 0 Å². The second kappa shape index (κ2) is 3.39. The molecule has 0 unspecified atom stereocenters. The molecule has 12 heavy (non-hydrogen) atoms. The van der Waals surface area contributed by atoms with Gasteiger partial charge in [0.05, 0.1) is 6.54 Å². The van der Waals surface area contributed by atoms with Crippen LogP contribution in [0.25, 0.3) is 0 Å². The molecule has 0 bridgehead atoms. The number of carbonyl (C=O) groups excluding carboxylic acids is 1. The van der Waals surface area contributed by atoms with Gasteiger partial charge < -0.3 is 4.57 Å². The second-order valence-electron chi connectivity index (χ2n) is 2.87. The Morgan fingerprint density at radius 3 is 2.42 bits per heavy atom. The van der Waals surface area contributed by atoms with E-state index in [9.17, 15) is 4.79 Å². The molecule has 1 heterocycles. The van der Waals surface area contributed by atoms with Crippen molar-refractivity contribution in [2.45, 2.75) is 20.4 Å². The van der Waals surface area contributed by atoms with Crippen LogP contribution in [-0.2, 0) is 11.3 Å². The van der Waals surface area contributed by atoms with E-state index in [1.54, 1.807) is 0 Å². The van der Waals surface area contributed by atoms with Crippen molar-refractivity contribution in [1.82, 2.24) is 4.57 Å². The minimum Gasteiger partial charge on any atom is -0.341 e. The van der Waals surface area contributed by atoms with Crippen LogP contribution in [0.3, 0.4) is 0 Å². The second-order valence-corrected chi connectivity index (χ2v) is 2.87. The van der Waals surface area contributed by atoms with Crippen molar-refractivity contribution in [3.63, 3.8) is 0 Å². The van der Waals surface area contributed by atoms with Crippen molar-refractivity contribution >= 4 is 5.78 Å². The van der Waals surface area contributed by atoms with Crippen LogP contribution in [0, 0.1) is 13.8 Å². The van der Waals surface area contributed by atoms with E-state index >= 15 is 0 Å². The first-order valence-electron chi connectivity index (χ1n) is 3.93. The van der Waals surface area contributed by atoms with E-state index in [-0.39, 0.29) is 5.78 Å². The standard InChI is InChI=1S/C10H13NO/c1-4-10(12)7-11-8(2)5-6-9(11)3/h4-6H,1,7H2,2-3H3. The Morgan fingerprint density at radius 2 is 2.00 bits per heavy atom. The number of nitrogens with zero attached hydrogens (tertiary/aromatic N) is 1. The summed E-state index contributed by atoms with van der Waals surface area (Å²) in [6, 6.07) is 4.01. The monoisotopic (exact) mass is 163 g/mol. The number of hydrogen-bond acceptors (Lipinski definition) is 1. The van der Waals surface area contributed by atoms with Gasteiger partial charge in [-0.1, -0.05) is 6.58 Å². The maximum atomic E-state index is 11.0. The van der Waals surface area contributed by atoms with Crippen molar-refractivity contribution < 1.29 is 4.79 Å². The van der Waals surface area contributed by atoms with E-state index in [1.165, 1.54) is 6.08 Å². The van der Waals surface area contributed by atoms with E-state index in [0.717, 1.165) is 11.4 Å². The van der Waals surface area contributed by atoms with Gasteiger partial charge in [0.25, 0.3) is 0 Å². The SMILES string of the molecule is C=CC(=O)Cn1c(C)ccc1C. The fourth-order valence-corrected chi connectivity index (χ4v) is 1.17. The van der Waals surface area contributed by atoms with Gasteiger partial charge in [-0.3, -0.25) is 4.79 Å². The Balaban J connectivity index is 2.87. The third-order valence-electron chi connectivity index (χ3n) is 1.96. The van der Waals surface area contributed by atoms with Crippen LogP contribution >= 0.6 is 0 Å². The fourth-order valence-electron chi connectivity index (χ4n) is 1.17. The zero-order chi connectivity index (χ0) is 9.14. The number of aryl methyl sites for hydroxylation is 2. The molecule has 2 heteroatoms. The van der Waals surface area contributed by atoms with Crippen LogP contribution in [0.5, 0.6) is 0 Å². The highest BCUT2D eigenvalue weighted by Gasteiger charge is 2.03. The van der Waals surface area contributed by atoms with Crippen LogP contribution in [0.2, 0.25) is 0 Å². The predicted molar refractivity (Wildman–Crippen MR) is 49.1 cm³/mol. The Kier molecular flexibility index (Phi) is 2.48. The third-order valence-corrected chi connectivity index (χ3v) is 1.96. The van der Waals surface area contributed by atoms with Crippen molar-refractivity contribution in [3.05, 3.63) is 36.2 Å². The molecule has 0 saturated heterocycles. The number of allylic oxidation sites excluding steroid dienone is 1. The third kappa shape index (κ3) is 1.64. The van der Waals surface area contributed by atoms with Crippen LogP contribution in [0.15, 0.2) is 24.8 Å². The van der Waals surface area contributed by atoms with E-state index in [1.807, 2.05) is 30.5 Å². The van der Waals surface area contributed by atoms with Crippen LogP contribution in [0.1, 0.15) is 11.4 Å². The molecule has 1 aromatic heterocycles. The molecule has 0 aliphatic heterocycles. The molecular weight excluding hydrogens is 150 g/mol. The first kappa shape index (κ1) is 8.78. The molecule has 0 atom stereocenters.